The monoisotopic (exact) mass is 371 g/mol. The Hall–Kier alpha value is -2.54. The SMILES string of the molecule is CNc1cc(C)nc(Nc2ccc(OC)c(OC[C@H]3C[C@@H](N(C)C)C3)c2)n1. The second-order valence-corrected chi connectivity index (χ2v) is 7.22. The normalized spacial score (nSPS) is 18.7. The number of anilines is 3. The zero-order chi connectivity index (χ0) is 19.4. The molecule has 0 radical (unpaired) electrons. The fraction of sp³-hybridized carbons (Fsp3) is 0.500. The third kappa shape index (κ3) is 4.80. The predicted molar refractivity (Wildman–Crippen MR) is 108 cm³/mol. The van der Waals surface area contributed by atoms with E-state index in [2.05, 4.69) is 39.6 Å². The van der Waals surface area contributed by atoms with Crippen LogP contribution in [0, 0.1) is 12.8 Å². The molecular formula is C20H29N5O2. The number of hydrogen-bond donors (Lipinski definition) is 2. The number of hydrogen-bond acceptors (Lipinski definition) is 7. The lowest BCUT2D eigenvalue weighted by Crippen LogP contribution is -2.42. The molecule has 146 valence electrons. The van der Waals surface area contributed by atoms with Crippen molar-refractivity contribution in [3.05, 3.63) is 30.0 Å². The van der Waals surface area contributed by atoms with Crippen molar-refractivity contribution in [1.82, 2.24) is 14.9 Å². The topological polar surface area (TPSA) is 71.5 Å². The molecule has 1 aromatic carbocycles. The van der Waals surface area contributed by atoms with Crippen LogP contribution in [0.4, 0.5) is 17.5 Å². The summed E-state index contributed by atoms with van der Waals surface area (Å²) in [7, 11) is 7.76. The maximum atomic E-state index is 6.07. The van der Waals surface area contributed by atoms with Crippen molar-refractivity contribution in [1.29, 1.82) is 0 Å². The Labute approximate surface area is 161 Å². The molecule has 0 amide bonds. The zero-order valence-corrected chi connectivity index (χ0v) is 16.7. The molecule has 2 aromatic rings. The van der Waals surface area contributed by atoms with Crippen LogP contribution >= 0.6 is 0 Å². The molecule has 1 aliphatic rings. The Bertz CT molecular complexity index is 775. The fourth-order valence-electron chi connectivity index (χ4n) is 3.21. The lowest BCUT2D eigenvalue weighted by Gasteiger charge is -2.39. The molecule has 0 aliphatic heterocycles. The van der Waals surface area contributed by atoms with E-state index >= 15 is 0 Å². The highest BCUT2D eigenvalue weighted by molar-refractivity contribution is 5.60. The molecule has 0 atom stereocenters. The molecule has 3 rings (SSSR count). The number of nitrogens with one attached hydrogen (secondary N) is 2. The largest absolute Gasteiger partial charge is 0.493 e. The molecule has 1 saturated carbocycles. The lowest BCUT2D eigenvalue weighted by atomic mass is 9.80. The van der Waals surface area contributed by atoms with Crippen LogP contribution in [-0.4, -0.2) is 55.8 Å². The third-order valence-electron chi connectivity index (χ3n) is 4.95. The Balaban J connectivity index is 1.67. The maximum absolute atomic E-state index is 6.07. The molecule has 27 heavy (non-hydrogen) atoms. The van der Waals surface area contributed by atoms with Crippen LogP contribution in [0.25, 0.3) is 0 Å². The second-order valence-electron chi connectivity index (χ2n) is 7.22. The number of ether oxygens (including phenoxy) is 2. The van der Waals surface area contributed by atoms with Crippen LogP contribution in [0.2, 0.25) is 0 Å². The summed E-state index contributed by atoms with van der Waals surface area (Å²) in [6, 6.07) is 8.34. The molecule has 7 nitrogen and oxygen atoms in total. The summed E-state index contributed by atoms with van der Waals surface area (Å²) in [4.78, 5) is 11.1. The van der Waals surface area contributed by atoms with Gasteiger partial charge in [0.25, 0.3) is 0 Å². The van der Waals surface area contributed by atoms with Gasteiger partial charge in [0.1, 0.15) is 5.82 Å². The van der Waals surface area contributed by atoms with Crippen LogP contribution < -0.4 is 20.1 Å². The van der Waals surface area contributed by atoms with Gasteiger partial charge in [-0.1, -0.05) is 0 Å². The molecule has 0 bridgehead atoms. The highest BCUT2D eigenvalue weighted by atomic mass is 16.5. The Kier molecular flexibility index (Phi) is 6.01. The Morgan fingerprint density at radius 3 is 2.59 bits per heavy atom. The van der Waals surface area contributed by atoms with Gasteiger partial charge in [0, 0.05) is 36.6 Å². The van der Waals surface area contributed by atoms with E-state index in [1.54, 1.807) is 7.11 Å². The van der Waals surface area contributed by atoms with Gasteiger partial charge >= 0.3 is 0 Å². The summed E-state index contributed by atoms with van der Waals surface area (Å²) >= 11 is 0. The van der Waals surface area contributed by atoms with Crippen molar-refractivity contribution in [3.63, 3.8) is 0 Å². The number of benzene rings is 1. The van der Waals surface area contributed by atoms with Gasteiger partial charge in [-0.05, 0) is 51.9 Å². The molecular weight excluding hydrogens is 342 g/mol. The van der Waals surface area contributed by atoms with Crippen molar-refractivity contribution in [2.75, 3.05) is 45.5 Å². The zero-order valence-electron chi connectivity index (χ0n) is 16.7. The van der Waals surface area contributed by atoms with Gasteiger partial charge in [0.2, 0.25) is 5.95 Å². The highest BCUT2D eigenvalue weighted by Crippen LogP contribution is 2.35. The Morgan fingerprint density at radius 2 is 1.93 bits per heavy atom. The van der Waals surface area contributed by atoms with Crippen LogP contribution in [-0.2, 0) is 0 Å². The molecule has 0 unspecified atom stereocenters. The van der Waals surface area contributed by atoms with E-state index in [0.29, 0.717) is 24.5 Å². The minimum atomic E-state index is 0.545. The first kappa shape index (κ1) is 19.2. The van der Waals surface area contributed by atoms with Gasteiger partial charge in [-0.25, -0.2) is 4.98 Å². The van der Waals surface area contributed by atoms with Crippen molar-refractivity contribution in [2.24, 2.45) is 5.92 Å². The van der Waals surface area contributed by atoms with Gasteiger partial charge in [0.05, 0.1) is 13.7 Å². The summed E-state index contributed by atoms with van der Waals surface area (Å²) in [6.07, 6.45) is 2.36. The molecule has 1 fully saturated rings. The predicted octanol–water partition coefficient (Wildman–Crippen LogP) is 3.30. The summed E-state index contributed by atoms with van der Waals surface area (Å²) in [5.74, 6) is 3.37. The van der Waals surface area contributed by atoms with Gasteiger partial charge in [-0.2, -0.15) is 4.98 Å². The molecule has 0 saturated heterocycles. The van der Waals surface area contributed by atoms with E-state index < -0.39 is 0 Å². The number of aromatic nitrogens is 2. The summed E-state index contributed by atoms with van der Waals surface area (Å²) in [6.45, 7) is 2.64. The van der Waals surface area contributed by atoms with E-state index in [-0.39, 0.29) is 0 Å². The smallest absolute Gasteiger partial charge is 0.229 e. The fourth-order valence-corrected chi connectivity index (χ4v) is 3.21. The van der Waals surface area contributed by atoms with E-state index in [0.717, 1.165) is 28.7 Å². The van der Waals surface area contributed by atoms with Crippen molar-refractivity contribution in [3.8, 4) is 11.5 Å². The average Bonchev–Trinajstić information content (AvgIpc) is 2.59. The quantitative estimate of drug-likeness (QED) is 0.738. The molecule has 2 N–H and O–H groups in total. The minimum absolute atomic E-state index is 0.545. The Morgan fingerprint density at radius 1 is 1.15 bits per heavy atom. The van der Waals surface area contributed by atoms with Crippen LogP contribution in [0.1, 0.15) is 18.5 Å². The number of rotatable bonds is 8. The van der Waals surface area contributed by atoms with Gasteiger partial charge in [-0.3, -0.25) is 0 Å². The van der Waals surface area contributed by atoms with Gasteiger partial charge in [0.15, 0.2) is 11.5 Å². The van der Waals surface area contributed by atoms with E-state index in [1.807, 2.05) is 38.2 Å². The van der Waals surface area contributed by atoms with Gasteiger partial charge in [-0.15, -0.1) is 0 Å². The number of aryl methyl sites for hydroxylation is 1. The molecule has 0 spiro atoms. The third-order valence-corrected chi connectivity index (χ3v) is 4.95. The van der Waals surface area contributed by atoms with E-state index in [9.17, 15) is 0 Å². The molecule has 1 aromatic heterocycles. The maximum Gasteiger partial charge on any atom is 0.229 e. The first-order valence-corrected chi connectivity index (χ1v) is 9.26. The summed E-state index contributed by atoms with van der Waals surface area (Å²) < 4.78 is 11.5. The number of nitrogens with zero attached hydrogens (tertiary/aromatic N) is 3. The van der Waals surface area contributed by atoms with Crippen LogP contribution in [0.5, 0.6) is 11.5 Å². The standard InChI is InChI=1S/C20H29N5O2/c1-13-8-19(21-2)24-20(22-13)23-15-6-7-17(26-5)18(11-15)27-12-14-9-16(10-14)25(3)4/h6-8,11,14,16H,9-10,12H2,1-5H3,(H2,21,22,23,24)/t14-,16+. The second kappa shape index (κ2) is 8.43. The highest BCUT2D eigenvalue weighted by Gasteiger charge is 2.31. The average molecular weight is 371 g/mol. The van der Waals surface area contributed by atoms with Crippen molar-refractivity contribution >= 4 is 17.5 Å². The summed E-state index contributed by atoms with van der Waals surface area (Å²) in [5.41, 5.74) is 1.75. The first-order valence-electron chi connectivity index (χ1n) is 9.26. The van der Waals surface area contributed by atoms with Crippen LogP contribution in [0.3, 0.4) is 0 Å². The first-order chi connectivity index (χ1) is 13.0. The molecule has 1 heterocycles. The van der Waals surface area contributed by atoms with Crippen molar-refractivity contribution < 1.29 is 9.47 Å². The van der Waals surface area contributed by atoms with E-state index in [1.165, 1.54) is 12.8 Å². The van der Waals surface area contributed by atoms with Gasteiger partial charge < -0.3 is 25.0 Å². The summed E-state index contributed by atoms with van der Waals surface area (Å²) in [5, 5.41) is 6.29. The van der Waals surface area contributed by atoms with E-state index in [4.69, 9.17) is 9.47 Å². The van der Waals surface area contributed by atoms with Crippen molar-refractivity contribution in [2.45, 2.75) is 25.8 Å². The van der Waals surface area contributed by atoms with Crippen LogP contribution in [0.15, 0.2) is 24.3 Å². The minimum Gasteiger partial charge on any atom is -0.493 e. The molecule has 1 aliphatic carbocycles. The lowest BCUT2D eigenvalue weighted by molar-refractivity contribution is 0.0821. The number of methoxy groups -OCH3 is 1. The molecule has 7 heteroatoms.